The first-order valence-corrected chi connectivity index (χ1v) is 8.44. The van der Waals surface area contributed by atoms with Crippen molar-refractivity contribution in [2.24, 2.45) is 0 Å². The van der Waals surface area contributed by atoms with Gasteiger partial charge in [0.25, 0.3) is 0 Å². The zero-order valence-electron chi connectivity index (χ0n) is 13.3. The lowest BCUT2D eigenvalue weighted by molar-refractivity contribution is 0.0944. The van der Waals surface area contributed by atoms with Gasteiger partial charge in [-0.1, -0.05) is 0 Å². The van der Waals surface area contributed by atoms with Crippen LogP contribution in [0.2, 0.25) is 0 Å². The van der Waals surface area contributed by atoms with Crippen molar-refractivity contribution in [2.45, 2.75) is 52.6 Å². The summed E-state index contributed by atoms with van der Waals surface area (Å²) in [7, 11) is 0. The molecule has 1 atom stereocenters. The molecule has 1 aliphatic heterocycles. The Morgan fingerprint density at radius 3 is 2.67 bits per heavy atom. The van der Waals surface area contributed by atoms with E-state index in [1.807, 2.05) is 13.8 Å². The minimum absolute atomic E-state index is 0.182. The maximum atomic E-state index is 11.7. The largest absolute Gasteiger partial charge is 0.450 e. The van der Waals surface area contributed by atoms with Crippen LogP contribution in [0.3, 0.4) is 0 Å². The summed E-state index contributed by atoms with van der Waals surface area (Å²) in [6.07, 6.45) is 1.76. The molecule has 0 radical (unpaired) electrons. The van der Waals surface area contributed by atoms with E-state index in [9.17, 15) is 4.79 Å². The molecule has 5 nitrogen and oxygen atoms in total. The van der Waals surface area contributed by atoms with E-state index in [0.29, 0.717) is 18.7 Å². The molecule has 6 heteroatoms. The molecule has 1 aliphatic rings. The predicted molar refractivity (Wildman–Crippen MR) is 84.8 cm³/mol. The van der Waals surface area contributed by atoms with Crippen LogP contribution in [0.5, 0.6) is 0 Å². The second kappa shape index (κ2) is 7.22. The third-order valence-electron chi connectivity index (χ3n) is 3.84. The molecule has 0 aliphatic carbocycles. The van der Waals surface area contributed by atoms with Crippen LogP contribution in [0.4, 0.5) is 4.79 Å². The Bertz CT molecular complexity index is 481. The van der Waals surface area contributed by atoms with E-state index >= 15 is 0 Å². The second-order valence-corrected chi connectivity index (χ2v) is 6.77. The number of aryl methyl sites for hydroxylation is 2. The van der Waals surface area contributed by atoms with Crippen LogP contribution in [0.15, 0.2) is 0 Å². The van der Waals surface area contributed by atoms with Gasteiger partial charge in [-0.2, -0.15) is 0 Å². The van der Waals surface area contributed by atoms with Gasteiger partial charge in [0.2, 0.25) is 0 Å². The van der Waals surface area contributed by atoms with E-state index in [4.69, 9.17) is 4.74 Å². The lowest BCUT2D eigenvalue weighted by Gasteiger charge is -2.33. The number of hydrogen-bond acceptors (Lipinski definition) is 5. The fraction of sp³-hybridized carbons (Fsp3) is 0.733. The Morgan fingerprint density at radius 2 is 2.14 bits per heavy atom. The highest BCUT2D eigenvalue weighted by Gasteiger charge is 2.25. The number of thiazole rings is 1. The molecule has 0 saturated carbocycles. The lowest BCUT2D eigenvalue weighted by Crippen LogP contribution is -2.45. The summed E-state index contributed by atoms with van der Waals surface area (Å²) in [5.41, 5.74) is 1.13. The average Bonchev–Trinajstić information content (AvgIpc) is 2.79. The van der Waals surface area contributed by atoms with E-state index < -0.39 is 0 Å². The summed E-state index contributed by atoms with van der Waals surface area (Å²) >= 11 is 1.76. The molecular weight excluding hydrogens is 286 g/mol. The fourth-order valence-electron chi connectivity index (χ4n) is 2.82. The van der Waals surface area contributed by atoms with Gasteiger partial charge in [-0.05, 0) is 40.5 Å². The SMILES string of the molecule is CCOC(=O)N1CCC(NC(C)c2sc(C)nc2C)CC1. The van der Waals surface area contributed by atoms with Crippen molar-refractivity contribution in [1.82, 2.24) is 15.2 Å². The molecule has 21 heavy (non-hydrogen) atoms. The van der Waals surface area contributed by atoms with Crippen LogP contribution >= 0.6 is 11.3 Å². The normalized spacial score (nSPS) is 17.8. The van der Waals surface area contributed by atoms with Gasteiger partial charge in [0.05, 0.1) is 17.3 Å². The van der Waals surface area contributed by atoms with Crippen molar-refractivity contribution in [1.29, 1.82) is 0 Å². The molecule has 1 saturated heterocycles. The third kappa shape index (κ3) is 4.17. The van der Waals surface area contributed by atoms with Crippen molar-refractivity contribution in [2.75, 3.05) is 19.7 Å². The monoisotopic (exact) mass is 311 g/mol. The van der Waals surface area contributed by atoms with Gasteiger partial charge in [0, 0.05) is 30.1 Å². The molecule has 0 aromatic carbocycles. The Kier molecular flexibility index (Phi) is 5.58. The standard InChI is InChI=1S/C15H25N3O2S/c1-5-20-15(19)18-8-6-13(7-9-18)17-11(3)14-10(2)16-12(4)21-14/h11,13,17H,5-9H2,1-4H3. The Balaban J connectivity index is 1.83. The molecule has 1 aromatic heterocycles. The third-order valence-corrected chi connectivity index (χ3v) is 5.09. The van der Waals surface area contributed by atoms with E-state index in [1.54, 1.807) is 16.2 Å². The lowest BCUT2D eigenvalue weighted by atomic mass is 10.0. The molecule has 0 bridgehead atoms. The van der Waals surface area contributed by atoms with E-state index in [1.165, 1.54) is 4.88 Å². The fourth-order valence-corrected chi connectivity index (χ4v) is 3.76. The number of rotatable bonds is 4. The zero-order valence-corrected chi connectivity index (χ0v) is 14.1. The van der Waals surface area contributed by atoms with Gasteiger partial charge in [0.15, 0.2) is 0 Å². The highest BCUT2D eigenvalue weighted by molar-refractivity contribution is 7.11. The maximum absolute atomic E-state index is 11.7. The number of ether oxygens (including phenoxy) is 1. The number of hydrogen-bond donors (Lipinski definition) is 1. The van der Waals surface area contributed by atoms with Crippen molar-refractivity contribution in [3.05, 3.63) is 15.6 Å². The molecular formula is C15H25N3O2S. The average molecular weight is 311 g/mol. The Morgan fingerprint density at radius 1 is 1.48 bits per heavy atom. The number of carbonyl (C=O) groups is 1. The van der Waals surface area contributed by atoms with Crippen LogP contribution in [-0.4, -0.2) is 41.7 Å². The molecule has 1 aromatic rings. The summed E-state index contributed by atoms with van der Waals surface area (Å²) < 4.78 is 5.05. The number of nitrogens with zero attached hydrogens (tertiary/aromatic N) is 2. The van der Waals surface area contributed by atoms with Gasteiger partial charge in [-0.15, -0.1) is 11.3 Å². The first-order valence-electron chi connectivity index (χ1n) is 7.63. The molecule has 1 N–H and O–H groups in total. The Hall–Kier alpha value is -1.14. The quantitative estimate of drug-likeness (QED) is 0.928. The minimum Gasteiger partial charge on any atom is -0.450 e. The molecule has 118 valence electrons. The number of nitrogens with one attached hydrogen (secondary N) is 1. The Labute approximate surface area is 130 Å². The zero-order chi connectivity index (χ0) is 15.4. The topological polar surface area (TPSA) is 54.5 Å². The van der Waals surface area contributed by atoms with Crippen LogP contribution in [0.25, 0.3) is 0 Å². The molecule has 1 fully saturated rings. The van der Waals surface area contributed by atoms with Gasteiger partial charge >= 0.3 is 6.09 Å². The van der Waals surface area contributed by atoms with Crippen molar-refractivity contribution >= 4 is 17.4 Å². The number of likely N-dealkylation sites (tertiary alicyclic amines) is 1. The van der Waals surface area contributed by atoms with Crippen LogP contribution in [0.1, 0.15) is 48.3 Å². The smallest absolute Gasteiger partial charge is 0.409 e. The first kappa shape index (κ1) is 16.2. The molecule has 1 unspecified atom stereocenters. The summed E-state index contributed by atoms with van der Waals surface area (Å²) in [5, 5.41) is 4.79. The summed E-state index contributed by atoms with van der Waals surface area (Å²) in [6.45, 7) is 10.1. The molecule has 2 rings (SSSR count). The summed E-state index contributed by atoms with van der Waals surface area (Å²) in [5.74, 6) is 0. The van der Waals surface area contributed by atoms with E-state index in [-0.39, 0.29) is 6.09 Å². The van der Waals surface area contributed by atoms with Gasteiger partial charge < -0.3 is 15.0 Å². The van der Waals surface area contributed by atoms with E-state index in [0.717, 1.165) is 36.6 Å². The minimum atomic E-state index is -0.182. The molecule has 2 heterocycles. The highest BCUT2D eigenvalue weighted by Crippen LogP contribution is 2.26. The van der Waals surface area contributed by atoms with Crippen molar-refractivity contribution < 1.29 is 9.53 Å². The number of piperidine rings is 1. The van der Waals surface area contributed by atoms with Crippen LogP contribution < -0.4 is 5.32 Å². The van der Waals surface area contributed by atoms with Gasteiger partial charge in [-0.3, -0.25) is 0 Å². The maximum Gasteiger partial charge on any atom is 0.409 e. The van der Waals surface area contributed by atoms with Crippen LogP contribution in [0, 0.1) is 13.8 Å². The van der Waals surface area contributed by atoms with Gasteiger partial charge in [0.1, 0.15) is 0 Å². The summed E-state index contributed by atoms with van der Waals surface area (Å²) in [4.78, 5) is 19.3. The van der Waals surface area contributed by atoms with Crippen molar-refractivity contribution in [3.63, 3.8) is 0 Å². The highest BCUT2D eigenvalue weighted by atomic mass is 32.1. The number of aromatic nitrogens is 1. The van der Waals surface area contributed by atoms with Crippen LogP contribution in [-0.2, 0) is 4.74 Å². The first-order chi connectivity index (χ1) is 10.0. The predicted octanol–water partition coefficient (Wildman–Crippen LogP) is 3.03. The summed E-state index contributed by atoms with van der Waals surface area (Å²) in [6, 6.07) is 0.767. The molecule has 0 spiro atoms. The van der Waals surface area contributed by atoms with Crippen molar-refractivity contribution in [3.8, 4) is 0 Å². The second-order valence-electron chi connectivity index (χ2n) is 5.53. The number of carbonyl (C=O) groups excluding carboxylic acids is 1. The van der Waals surface area contributed by atoms with E-state index in [2.05, 4.69) is 24.1 Å². The number of amides is 1. The van der Waals surface area contributed by atoms with Gasteiger partial charge in [-0.25, -0.2) is 9.78 Å². The molecule has 1 amide bonds.